The molecule has 99 valence electrons. The van der Waals surface area contributed by atoms with Gasteiger partial charge in [0, 0.05) is 20.6 Å². The second-order valence-electron chi connectivity index (χ2n) is 4.39. The van der Waals surface area contributed by atoms with Gasteiger partial charge >= 0.3 is 0 Å². The smallest absolute Gasteiger partial charge is 0.166 e. The third-order valence-corrected chi connectivity index (χ3v) is 3.12. The monoisotopic (exact) mass is 251 g/mol. The molecule has 1 fully saturated rings. The van der Waals surface area contributed by atoms with E-state index in [4.69, 9.17) is 14.2 Å². The molecule has 1 aromatic carbocycles. The van der Waals surface area contributed by atoms with E-state index >= 15 is 0 Å². The van der Waals surface area contributed by atoms with E-state index in [-0.39, 0.29) is 12.2 Å². The van der Waals surface area contributed by atoms with Crippen LogP contribution in [-0.2, 0) is 9.47 Å². The summed E-state index contributed by atoms with van der Waals surface area (Å²) in [6.45, 7) is 0. The summed E-state index contributed by atoms with van der Waals surface area (Å²) in [6.07, 6.45) is 0.168. The average Bonchev–Trinajstić information content (AvgIpc) is 2.73. The molecular formula is C14H19O4. The molecule has 1 saturated carbocycles. The number of para-hydroxylation sites is 1. The molecule has 0 bridgehead atoms. The molecule has 1 aromatic rings. The highest BCUT2D eigenvalue weighted by atomic mass is 16.7. The van der Waals surface area contributed by atoms with Crippen LogP contribution < -0.4 is 4.74 Å². The Morgan fingerprint density at radius 3 is 2.44 bits per heavy atom. The zero-order chi connectivity index (χ0) is 13.0. The third-order valence-electron chi connectivity index (χ3n) is 3.12. The van der Waals surface area contributed by atoms with E-state index in [0.29, 0.717) is 12.8 Å². The van der Waals surface area contributed by atoms with Crippen LogP contribution in [0.2, 0.25) is 0 Å². The maximum atomic E-state index is 9.78. The van der Waals surface area contributed by atoms with Crippen LogP contribution in [0.15, 0.2) is 30.3 Å². The van der Waals surface area contributed by atoms with Crippen molar-refractivity contribution < 1.29 is 19.3 Å². The lowest BCUT2D eigenvalue weighted by Gasteiger charge is -2.26. The summed E-state index contributed by atoms with van der Waals surface area (Å²) < 4.78 is 16.4. The summed E-state index contributed by atoms with van der Waals surface area (Å²) in [5.41, 5.74) is 0. The molecule has 1 N–H and O–H groups in total. The van der Waals surface area contributed by atoms with Gasteiger partial charge < -0.3 is 19.3 Å². The van der Waals surface area contributed by atoms with E-state index in [1.54, 1.807) is 14.2 Å². The molecule has 2 rings (SSSR count). The maximum Gasteiger partial charge on any atom is 0.166 e. The number of hydrogen-bond donors (Lipinski definition) is 1. The van der Waals surface area contributed by atoms with Gasteiger partial charge in [0.2, 0.25) is 0 Å². The number of ether oxygens (including phenoxy) is 3. The fraction of sp³-hybridized carbons (Fsp3) is 0.500. The Morgan fingerprint density at radius 1 is 1.17 bits per heavy atom. The zero-order valence-electron chi connectivity index (χ0n) is 10.7. The van der Waals surface area contributed by atoms with Crippen molar-refractivity contribution in [2.24, 2.45) is 0 Å². The van der Waals surface area contributed by atoms with Gasteiger partial charge in [0.1, 0.15) is 11.9 Å². The molecule has 0 amide bonds. The molecule has 4 nitrogen and oxygen atoms in total. The Bertz CT molecular complexity index is 350. The molecule has 4 heteroatoms. The first kappa shape index (κ1) is 13.3. The van der Waals surface area contributed by atoms with Crippen molar-refractivity contribution in [3.8, 4) is 5.75 Å². The minimum Gasteiger partial charge on any atom is -0.490 e. The average molecular weight is 251 g/mol. The second kappa shape index (κ2) is 6.18. The Balaban J connectivity index is 2.05. The van der Waals surface area contributed by atoms with Gasteiger partial charge in [0.25, 0.3) is 0 Å². The highest BCUT2D eigenvalue weighted by Gasteiger charge is 2.41. The van der Waals surface area contributed by atoms with Gasteiger partial charge in [-0.3, -0.25) is 0 Å². The maximum absolute atomic E-state index is 9.78. The summed E-state index contributed by atoms with van der Waals surface area (Å²) in [5.74, 6) is 1.75. The molecule has 18 heavy (non-hydrogen) atoms. The van der Waals surface area contributed by atoms with Gasteiger partial charge in [0.05, 0.1) is 12.0 Å². The summed E-state index contributed by atoms with van der Waals surface area (Å²) >= 11 is 0. The standard InChI is InChI=1S/C14H19O4/c1-16-14(17-2)12-8-10(15)9-13(12)18-11-6-4-3-5-7-11/h3-7,10,13-15H,8-9H2,1-2H3/t10-,13+/m0/s1. The second-order valence-corrected chi connectivity index (χ2v) is 4.39. The highest BCUT2D eigenvalue weighted by molar-refractivity contribution is 5.23. The van der Waals surface area contributed by atoms with Gasteiger partial charge in [-0.25, -0.2) is 0 Å². The van der Waals surface area contributed by atoms with Crippen LogP contribution >= 0.6 is 0 Å². The SMILES string of the molecule is COC(OC)[C]1C[C@H](O)C[C@H]1Oc1ccccc1. The molecular weight excluding hydrogens is 232 g/mol. The molecule has 0 saturated heterocycles. The zero-order valence-corrected chi connectivity index (χ0v) is 10.7. The Morgan fingerprint density at radius 2 is 1.83 bits per heavy atom. The number of aliphatic hydroxyl groups is 1. The normalized spacial score (nSPS) is 24.7. The molecule has 0 aliphatic heterocycles. The van der Waals surface area contributed by atoms with Crippen molar-refractivity contribution in [3.63, 3.8) is 0 Å². The van der Waals surface area contributed by atoms with Crippen molar-refractivity contribution >= 4 is 0 Å². The summed E-state index contributed by atoms with van der Waals surface area (Å²) in [7, 11) is 3.18. The molecule has 1 radical (unpaired) electrons. The summed E-state index contributed by atoms with van der Waals surface area (Å²) in [5, 5.41) is 9.78. The van der Waals surface area contributed by atoms with E-state index < -0.39 is 6.29 Å². The molecule has 0 heterocycles. The minimum atomic E-state index is -0.420. The lowest BCUT2D eigenvalue weighted by atomic mass is 10.1. The number of hydrogen-bond acceptors (Lipinski definition) is 4. The van der Waals surface area contributed by atoms with E-state index in [0.717, 1.165) is 11.7 Å². The first-order valence-corrected chi connectivity index (χ1v) is 6.05. The van der Waals surface area contributed by atoms with Gasteiger partial charge in [-0.1, -0.05) is 18.2 Å². The predicted molar refractivity (Wildman–Crippen MR) is 67.1 cm³/mol. The van der Waals surface area contributed by atoms with Crippen LogP contribution in [0.25, 0.3) is 0 Å². The Kier molecular flexibility index (Phi) is 4.58. The Labute approximate surface area is 107 Å². The van der Waals surface area contributed by atoms with Crippen LogP contribution in [0.4, 0.5) is 0 Å². The predicted octanol–water partition coefficient (Wildman–Crippen LogP) is 1.78. The lowest BCUT2D eigenvalue weighted by molar-refractivity contribution is -0.101. The number of rotatable bonds is 5. The molecule has 2 atom stereocenters. The Hall–Kier alpha value is -1.10. The van der Waals surface area contributed by atoms with E-state index in [2.05, 4.69) is 0 Å². The molecule has 0 aromatic heterocycles. The first-order chi connectivity index (χ1) is 8.74. The van der Waals surface area contributed by atoms with Gasteiger partial charge in [-0.05, 0) is 18.6 Å². The van der Waals surface area contributed by atoms with Crippen LogP contribution in [-0.4, -0.2) is 37.8 Å². The fourth-order valence-corrected chi connectivity index (χ4v) is 2.32. The molecule has 1 aliphatic carbocycles. The quantitative estimate of drug-likeness (QED) is 0.810. The highest BCUT2D eigenvalue weighted by Crippen LogP contribution is 2.35. The van der Waals surface area contributed by atoms with Gasteiger partial charge in [0.15, 0.2) is 6.29 Å². The number of methoxy groups -OCH3 is 2. The molecule has 1 aliphatic rings. The van der Waals surface area contributed by atoms with Gasteiger partial charge in [-0.2, -0.15) is 0 Å². The van der Waals surface area contributed by atoms with E-state index in [1.807, 2.05) is 30.3 Å². The van der Waals surface area contributed by atoms with Crippen molar-refractivity contribution in [3.05, 3.63) is 36.2 Å². The van der Waals surface area contributed by atoms with Crippen molar-refractivity contribution in [2.75, 3.05) is 14.2 Å². The van der Waals surface area contributed by atoms with Crippen LogP contribution in [0.3, 0.4) is 0 Å². The first-order valence-electron chi connectivity index (χ1n) is 6.05. The van der Waals surface area contributed by atoms with Crippen LogP contribution in [0, 0.1) is 5.92 Å². The molecule has 0 unspecified atom stereocenters. The van der Waals surface area contributed by atoms with Crippen molar-refractivity contribution in [1.82, 2.24) is 0 Å². The minimum absolute atomic E-state index is 0.160. The van der Waals surface area contributed by atoms with Crippen molar-refractivity contribution in [2.45, 2.75) is 31.3 Å². The summed E-state index contributed by atoms with van der Waals surface area (Å²) in [6, 6.07) is 9.58. The third kappa shape index (κ3) is 3.02. The fourth-order valence-electron chi connectivity index (χ4n) is 2.32. The van der Waals surface area contributed by atoms with Gasteiger partial charge in [-0.15, -0.1) is 0 Å². The van der Waals surface area contributed by atoms with Crippen LogP contribution in [0.5, 0.6) is 5.75 Å². The number of benzene rings is 1. The summed E-state index contributed by atoms with van der Waals surface area (Å²) in [4.78, 5) is 0. The van der Waals surface area contributed by atoms with Crippen molar-refractivity contribution in [1.29, 1.82) is 0 Å². The number of aliphatic hydroxyl groups excluding tert-OH is 1. The van der Waals surface area contributed by atoms with E-state index in [1.165, 1.54) is 0 Å². The largest absolute Gasteiger partial charge is 0.490 e. The molecule has 0 spiro atoms. The topological polar surface area (TPSA) is 47.9 Å². The lowest BCUT2D eigenvalue weighted by Crippen LogP contribution is -2.32. The van der Waals surface area contributed by atoms with E-state index in [9.17, 15) is 5.11 Å². The van der Waals surface area contributed by atoms with Crippen LogP contribution in [0.1, 0.15) is 12.8 Å².